The van der Waals surface area contributed by atoms with Crippen molar-refractivity contribution in [3.05, 3.63) is 34.4 Å². The largest absolute Gasteiger partial charge is 1.00 e. The fraction of sp³-hybridized carbons (Fsp3) is 0.600. The van der Waals surface area contributed by atoms with Gasteiger partial charge in [0.15, 0.2) is 6.23 Å². The second-order valence-corrected chi connectivity index (χ2v) is 9.96. The molecule has 4 N–H and O–H groups in total. The number of hydrogen-bond acceptors (Lipinski definition) is 14. The van der Waals surface area contributed by atoms with E-state index in [2.05, 4.69) is 4.98 Å². The molecule has 0 spiro atoms. The van der Waals surface area contributed by atoms with Gasteiger partial charge < -0.3 is 44.1 Å². The molecule has 1 aromatic heterocycles. The number of rotatable bonds is 9. The zero-order valence-electron chi connectivity index (χ0n) is 20.2. The fourth-order valence-corrected chi connectivity index (χ4v) is 5.73. The van der Waals surface area contributed by atoms with Crippen LogP contribution in [0, 0.1) is 17.3 Å². The van der Waals surface area contributed by atoms with Crippen molar-refractivity contribution in [1.29, 1.82) is 0 Å². The van der Waals surface area contributed by atoms with Gasteiger partial charge in [-0.25, -0.2) is 9.59 Å². The van der Waals surface area contributed by atoms with E-state index in [9.17, 15) is 34.1 Å². The SMILES string of the molecule is COC(=O)C1=CC[C@@H]2[C@H](COP(=O)([O-])OC[C@H]3O[C@@H](n4ccc(N)nc4=O)[C@H](O)[C@@H]3O)[C@]12C(=O)OC.[Na+]. The molecule has 1 aromatic rings. The van der Waals surface area contributed by atoms with Crippen LogP contribution in [0.1, 0.15) is 12.6 Å². The first-order chi connectivity index (χ1) is 17.0. The molecule has 8 atom stereocenters. The monoisotopic (exact) mass is 553 g/mol. The molecule has 4 rings (SSSR count). The van der Waals surface area contributed by atoms with Crippen LogP contribution in [0.15, 0.2) is 28.7 Å². The van der Waals surface area contributed by atoms with Gasteiger partial charge in [-0.15, -0.1) is 0 Å². The minimum absolute atomic E-state index is 0. The zero-order valence-corrected chi connectivity index (χ0v) is 23.1. The normalized spacial score (nSPS) is 33.5. The molecule has 37 heavy (non-hydrogen) atoms. The van der Waals surface area contributed by atoms with Crippen LogP contribution in [0.5, 0.6) is 0 Å². The van der Waals surface area contributed by atoms with Crippen LogP contribution >= 0.6 is 7.82 Å². The number of aromatic nitrogens is 2. The molecule has 1 unspecified atom stereocenters. The molecular weight excluding hydrogens is 528 g/mol. The molecule has 0 bridgehead atoms. The van der Waals surface area contributed by atoms with E-state index in [1.165, 1.54) is 12.3 Å². The molecule has 1 saturated carbocycles. The van der Waals surface area contributed by atoms with Gasteiger partial charge in [-0.3, -0.25) is 13.9 Å². The van der Waals surface area contributed by atoms with Crippen molar-refractivity contribution in [3.8, 4) is 0 Å². The van der Waals surface area contributed by atoms with Crippen LogP contribution in [0.4, 0.5) is 5.82 Å². The average Bonchev–Trinajstić information content (AvgIpc) is 3.15. The van der Waals surface area contributed by atoms with Crippen molar-refractivity contribution in [2.75, 3.05) is 33.2 Å². The minimum Gasteiger partial charge on any atom is -0.756 e. The number of nitrogens with two attached hydrogens (primary N) is 1. The van der Waals surface area contributed by atoms with E-state index in [0.29, 0.717) is 6.42 Å². The van der Waals surface area contributed by atoms with Crippen molar-refractivity contribution in [1.82, 2.24) is 9.55 Å². The Kier molecular flexibility index (Phi) is 9.07. The summed E-state index contributed by atoms with van der Waals surface area (Å²) in [5.74, 6) is -2.55. The van der Waals surface area contributed by atoms with E-state index in [1.807, 2.05) is 0 Å². The summed E-state index contributed by atoms with van der Waals surface area (Å²) < 4.78 is 38.0. The van der Waals surface area contributed by atoms with Gasteiger partial charge in [-0.1, -0.05) is 6.08 Å². The van der Waals surface area contributed by atoms with E-state index in [4.69, 9.17) is 29.0 Å². The van der Waals surface area contributed by atoms with Crippen LogP contribution in [-0.4, -0.2) is 77.4 Å². The summed E-state index contributed by atoms with van der Waals surface area (Å²) in [5, 5.41) is 20.5. The molecule has 198 valence electrons. The number of nitrogens with zero attached hydrogens (tertiary/aromatic N) is 2. The van der Waals surface area contributed by atoms with Gasteiger partial charge in [0.1, 0.15) is 29.5 Å². The Morgan fingerprint density at radius 1 is 1.27 bits per heavy atom. The molecule has 2 aliphatic carbocycles. The van der Waals surface area contributed by atoms with Crippen molar-refractivity contribution >= 4 is 25.6 Å². The number of aliphatic hydroxyl groups is 2. The molecule has 2 fully saturated rings. The second kappa shape index (κ2) is 11.2. The first-order valence-corrected chi connectivity index (χ1v) is 12.3. The Balaban J connectivity index is 0.00000380. The number of phosphoric acid groups is 1. The summed E-state index contributed by atoms with van der Waals surface area (Å²) in [4.78, 5) is 52.5. The number of allylic oxidation sites excluding steroid dienone is 1. The van der Waals surface area contributed by atoms with E-state index < -0.39 is 80.5 Å². The van der Waals surface area contributed by atoms with Crippen LogP contribution < -0.4 is 45.9 Å². The summed E-state index contributed by atoms with van der Waals surface area (Å²) in [6, 6.07) is 1.28. The predicted octanol–water partition coefficient (Wildman–Crippen LogP) is -5.14. The zero-order chi connectivity index (χ0) is 26.4. The Bertz CT molecular complexity index is 1190. The summed E-state index contributed by atoms with van der Waals surface area (Å²) in [6.45, 7) is -1.21. The molecule has 1 aliphatic heterocycles. The van der Waals surface area contributed by atoms with Crippen molar-refractivity contribution < 1.29 is 82.1 Å². The average molecular weight is 553 g/mol. The molecule has 2 heterocycles. The van der Waals surface area contributed by atoms with Crippen LogP contribution in [-0.2, 0) is 37.4 Å². The number of carbonyl (C=O) groups is 2. The quantitative estimate of drug-likeness (QED) is 0.148. The Morgan fingerprint density at radius 3 is 2.57 bits per heavy atom. The van der Waals surface area contributed by atoms with E-state index in [1.54, 1.807) is 6.08 Å². The van der Waals surface area contributed by atoms with Gasteiger partial charge in [0.05, 0.1) is 33.0 Å². The Labute approximate surface area is 232 Å². The summed E-state index contributed by atoms with van der Waals surface area (Å²) in [7, 11) is -2.66. The molecule has 0 aromatic carbocycles. The van der Waals surface area contributed by atoms with E-state index in [-0.39, 0.29) is 40.9 Å². The van der Waals surface area contributed by atoms with E-state index >= 15 is 0 Å². The van der Waals surface area contributed by atoms with Crippen LogP contribution in [0.3, 0.4) is 0 Å². The van der Waals surface area contributed by atoms with E-state index in [0.717, 1.165) is 18.8 Å². The maximum absolute atomic E-state index is 12.5. The molecule has 17 heteroatoms. The fourth-order valence-electron chi connectivity index (χ4n) is 4.98. The molecule has 0 radical (unpaired) electrons. The number of anilines is 1. The summed E-state index contributed by atoms with van der Waals surface area (Å²) in [5.41, 5.74) is 3.31. The number of phosphoric ester groups is 1. The van der Waals surface area contributed by atoms with Gasteiger partial charge >= 0.3 is 47.2 Å². The van der Waals surface area contributed by atoms with Crippen molar-refractivity contribution in [2.24, 2.45) is 17.3 Å². The van der Waals surface area contributed by atoms with Crippen molar-refractivity contribution in [2.45, 2.75) is 31.0 Å². The maximum Gasteiger partial charge on any atom is 1.00 e. The van der Waals surface area contributed by atoms with Gasteiger partial charge in [-0.2, -0.15) is 4.98 Å². The number of fused-ring (bicyclic) bond motifs is 1. The maximum atomic E-state index is 12.5. The number of nitrogen functional groups attached to an aromatic ring is 1. The van der Waals surface area contributed by atoms with Crippen molar-refractivity contribution in [3.63, 3.8) is 0 Å². The standard InChI is InChI=1S/C20H26N3O12P.Na/c1-31-17(26)10-4-3-9-11(20(9,10)18(27)32-2)7-33-36(29,30)34-8-12-14(24)15(25)16(35-12)23-6-5-13(21)22-19(23)28;/h4-6,9,11-12,14-16,24-25H,3,7-8H2,1-2H3,(H,29,30)(H2,21,22,28);/q;+1/p-1/t9-,11+,12-,14-,15-,16-,20-;/m1./s1. The topological polar surface area (TPSA) is 222 Å². The Hall–Kier alpha value is -1.65. The third-order valence-corrected chi connectivity index (χ3v) is 7.70. The first-order valence-electron chi connectivity index (χ1n) is 10.8. The second-order valence-electron chi connectivity index (χ2n) is 8.55. The molecule has 1 saturated heterocycles. The molecular formula is C20H25N3NaO12P. The number of esters is 2. The first kappa shape index (κ1) is 29.9. The summed E-state index contributed by atoms with van der Waals surface area (Å²) in [6.07, 6.45) is -2.80. The number of hydrogen-bond donors (Lipinski definition) is 3. The number of carbonyl (C=O) groups excluding carboxylic acids is 2. The minimum atomic E-state index is -4.98. The predicted molar refractivity (Wildman–Crippen MR) is 114 cm³/mol. The third-order valence-electron chi connectivity index (χ3n) is 6.77. The molecule has 15 nitrogen and oxygen atoms in total. The van der Waals surface area contributed by atoms with Gasteiger partial charge in [-0.05, 0) is 18.4 Å². The third kappa shape index (κ3) is 5.30. The van der Waals surface area contributed by atoms with Crippen LogP contribution in [0.25, 0.3) is 0 Å². The molecule has 0 amide bonds. The summed E-state index contributed by atoms with van der Waals surface area (Å²) >= 11 is 0. The van der Waals surface area contributed by atoms with Crippen LogP contribution in [0.2, 0.25) is 0 Å². The molecule has 3 aliphatic rings. The smallest absolute Gasteiger partial charge is 0.756 e. The van der Waals surface area contributed by atoms with Gasteiger partial charge in [0.2, 0.25) is 0 Å². The number of methoxy groups -OCH3 is 2. The number of aliphatic hydroxyl groups excluding tert-OH is 2. The Morgan fingerprint density at radius 2 is 1.95 bits per heavy atom. The number of ether oxygens (including phenoxy) is 3. The van der Waals surface area contributed by atoms with Gasteiger partial charge in [0.25, 0.3) is 7.82 Å². The van der Waals surface area contributed by atoms with Gasteiger partial charge in [0, 0.05) is 12.1 Å².